The van der Waals surface area contributed by atoms with Crippen molar-refractivity contribution in [3.8, 4) is 0 Å². The molecule has 37 heavy (non-hydrogen) atoms. The summed E-state index contributed by atoms with van der Waals surface area (Å²) < 4.78 is 0. The first kappa shape index (κ1) is 31.4. The SMILES string of the molecule is CCCCCC(=O)N(Cc1ccc(NC(=O)[C@H](CCCNC(N)=O)NC(=O)[C@@H](N)C(C)C)cc1)C(=O)O. The van der Waals surface area contributed by atoms with Crippen molar-refractivity contribution >= 4 is 35.5 Å². The monoisotopic (exact) mass is 520 g/mol. The first-order valence-electron chi connectivity index (χ1n) is 12.5. The molecule has 0 saturated heterocycles. The maximum Gasteiger partial charge on any atom is 0.414 e. The maximum absolute atomic E-state index is 12.9. The van der Waals surface area contributed by atoms with Gasteiger partial charge in [0.05, 0.1) is 12.6 Å². The van der Waals surface area contributed by atoms with Crippen molar-refractivity contribution in [2.24, 2.45) is 17.4 Å². The molecule has 2 atom stereocenters. The number of carbonyl (C=O) groups is 5. The summed E-state index contributed by atoms with van der Waals surface area (Å²) in [5.74, 6) is -1.53. The van der Waals surface area contributed by atoms with Gasteiger partial charge in [-0.05, 0) is 42.9 Å². The Bertz CT molecular complexity index is 921. The van der Waals surface area contributed by atoms with Crippen LogP contribution in [0.25, 0.3) is 0 Å². The molecule has 0 bridgehead atoms. The van der Waals surface area contributed by atoms with E-state index in [0.29, 0.717) is 24.1 Å². The molecular formula is C25H40N6O6. The summed E-state index contributed by atoms with van der Waals surface area (Å²) in [5, 5.41) is 17.3. The molecule has 12 nitrogen and oxygen atoms in total. The minimum atomic E-state index is -1.32. The van der Waals surface area contributed by atoms with E-state index < -0.39 is 41.9 Å². The maximum atomic E-state index is 12.9. The summed E-state index contributed by atoms with van der Waals surface area (Å²) in [6, 6.07) is 4.02. The van der Waals surface area contributed by atoms with E-state index in [4.69, 9.17) is 11.5 Å². The van der Waals surface area contributed by atoms with Crippen LogP contribution in [0.3, 0.4) is 0 Å². The van der Waals surface area contributed by atoms with E-state index in [1.807, 2.05) is 6.92 Å². The number of carbonyl (C=O) groups excluding carboxylic acids is 4. The second-order valence-corrected chi connectivity index (χ2v) is 9.17. The number of carboxylic acid groups (broad SMARTS) is 1. The van der Waals surface area contributed by atoms with Crippen LogP contribution >= 0.6 is 0 Å². The highest BCUT2D eigenvalue weighted by molar-refractivity contribution is 5.98. The molecule has 206 valence electrons. The van der Waals surface area contributed by atoms with Crippen molar-refractivity contribution in [3.63, 3.8) is 0 Å². The summed E-state index contributed by atoms with van der Waals surface area (Å²) in [5.41, 5.74) is 12.0. The summed E-state index contributed by atoms with van der Waals surface area (Å²) in [7, 11) is 0. The fourth-order valence-corrected chi connectivity index (χ4v) is 3.39. The van der Waals surface area contributed by atoms with Gasteiger partial charge in [-0.25, -0.2) is 14.5 Å². The molecule has 1 aromatic carbocycles. The number of urea groups is 1. The third kappa shape index (κ3) is 11.7. The quantitative estimate of drug-likeness (QED) is 0.190. The Hall–Kier alpha value is -3.67. The average molecular weight is 521 g/mol. The van der Waals surface area contributed by atoms with Gasteiger partial charge in [0.25, 0.3) is 0 Å². The molecule has 0 radical (unpaired) electrons. The molecule has 0 heterocycles. The van der Waals surface area contributed by atoms with Gasteiger partial charge in [-0.3, -0.25) is 14.4 Å². The molecule has 0 aliphatic rings. The van der Waals surface area contributed by atoms with E-state index in [1.54, 1.807) is 38.1 Å². The lowest BCUT2D eigenvalue weighted by Gasteiger charge is -2.22. The van der Waals surface area contributed by atoms with E-state index >= 15 is 0 Å². The second-order valence-electron chi connectivity index (χ2n) is 9.17. The van der Waals surface area contributed by atoms with Gasteiger partial charge in [-0.2, -0.15) is 0 Å². The Balaban J connectivity index is 2.85. The van der Waals surface area contributed by atoms with Crippen molar-refractivity contribution in [1.29, 1.82) is 0 Å². The van der Waals surface area contributed by atoms with Crippen LogP contribution in [0.15, 0.2) is 24.3 Å². The number of anilines is 1. The number of benzene rings is 1. The topological polar surface area (TPSA) is 197 Å². The number of nitrogens with one attached hydrogen (secondary N) is 3. The van der Waals surface area contributed by atoms with Crippen LogP contribution in [0.5, 0.6) is 0 Å². The van der Waals surface area contributed by atoms with Gasteiger partial charge < -0.3 is 32.5 Å². The summed E-state index contributed by atoms with van der Waals surface area (Å²) in [4.78, 5) is 60.9. The lowest BCUT2D eigenvalue weighted by atomic mass is 10.0. The Labute approximate surface area is 217 Å². The van der Waals surface area contributed by atoms with Crippen LogP contribution in [0.1, 0.15) is 64.9 Å². The lowest BCUT2D eigenvalue weighted by Crippen LogP contribution is -2.51. The van der Waals surface area contributed by atoms with Crippen LogP contribution in [0.4, 0.5) is 15.3 Å². The molecule has 0 fully saturated rings. The highest BCUT2D eigenvalue weighted by atomic mass is 16.4. The highest BCUT2D eigenvalue weighted by Crippen LogP contribution is 2.15. The first-order chi connectivity index (χ1) is 17.5. The highest BCUT2D eigenvalue weighted by Gasteiger charge is 2.25. The zero-order chi connectivity index (χ0) is 28.0. The van der Waals surface area contributed by atoms with Crippen LogP contribution in [0.2, 0.25) is 0 Å². The number of primary amides is 1. The van der Waals surface area contributed by atoms with Gasteiger partial charge in [-0.1, -0.05) is 45.7 Å². The van der Waals surface area contributed by atoms with Crippen LogP contribution in [-0.4, -0.2) is 58.5 Å². The number of hydrogen-bond donors (Lipinski definition) is 6. The van der Waals surface area contributed by atoms with Gasteiger partial charge in [0.1, 0.15) is 6.04 Å². The zero-order valence-corrected chi connectivity index (χ0v) is 21.8. The summed E-state index contributed by atoms with van der Waals surface area (Å²) in [6.07, 6.45) is 1.86. The summed E-state index contributed by atoms with van der Waals surface area (Å²) >= 11 is 0. The molecule has 0 saturated carbocycles. The van der Waals surface area contributed by atoms with Gasteiger partial charge in [0, 0.05) is 18.7 Å². The molecular weight excluding hydrogens is 480 g/mol. The molecule has 1 aromatic rings. The lowest BCUT2D eigenvalue weighted by molar-refractivity contribution is -0.129. The predicted octanol–water partition coefficient (Wildman–Crippen LogP) is 2.13. The first-order valence-corrected chi connectivity index (χ1v) is 12.5. The molecule has 0 aliphatic carbocycles. The molecule has 6 amide bonds. The standard InChI is InChI=1S/C25H40N6O6/c1-4-5-6-9-20(32)31(25(36)37)15-17-10-12-18(13-11-17)29-22(33)19(8-7-14-28-24(27)35)30-23(34)21(26)16(2)3/h10-13,16,19,21H,4-9,14-15,26H2,1-3H3,(H,29,33)(H,30,34)(H,36,37)(H3,27,28,35)/t19-,21-/m0/s1. The summed E-state index contributed by atoms with van der Waals surface area (Å²) in [6.45, 7) is 5.71. The Morgan fingerprint density at radius 2 is 1.65 bits per heavy atom. The minimum absolute atomic E-state index is 0.104. The minimum Gasteiger partial charge on any atom is -0.465 e. The number of imide groups is 1. The Morgan fingerprint density at radius 1 is 1.00 bits per heavy atom. The fraction of sp³-hybridized carbons (Fsp3) is 0.560. The largest absolute Gasteiger partial charge is 0.465 e. The number of hydrogen-bond acceptors (Lipinski definition) is 6. The van der Waals surface area contributed by atoms with Gasteiger partial charge in [0.15, 0.2) is 0 Å². The molecule has 8 N–H and O–H groups in total. The number of unbranched alkanes of at least 4 members (excludes halogenated alkanes) is 2. The molecule has 1 rings (SSSR count). The van der Waals surface area contributed by atoms with E-state index in [-0.39, 0.29) is 31.8 Å². The van der Waals surface area contributed by atoms with Gasteiger partial charge >= 0.3 is 12.1 Å². The van der Waals surface area contributed by atoms with E-state index in [2.05, 4.69) is 16.0 Å². The van der Waals surface area contributed by atoms with E-state index in [1.165, 1.54) is 0 Å². The third-order valence-corrected chi connectivity index (χ3v) is 5.71. The molecule has 0 unspecified atom stereocenters. The average Bonchev–Trinajstić information content (AvgIpc) is 2.84. The van der Waals surface area contributed by atoms with Crippen molar-refractivity contribution in [2.75, 3.05) is 11.9 Å². The molecule has 0 spiro atoms. The second kappa shape index (κ2) is 16.1. The van der Waals surface area contributed by atoms with Crippen LogP contribution < -0.4 is 27.4 Å². The Morgan fingerprint density at radius 3 is 2.19 bits per heavy atom. The van der Waals surface area contributed by atoms with Crippen molar-refractivity contribution in [2.45, 2.75) is 77.9 Å². The van der Waals surface area contributed by atoms with Crippen molar-refractivity contribution in [3.05, 3.63) is 29.8 Å². The van der Waals surface area contributed by atoms with Crippen LogP contribution in [0, 0.1) is 5.92 Å². The number of nitrogens with zero attached hydrogens (tertiary/aromatic N) is 1. The molecule has 0 aromatic heterocycles. The van der Waals surface area contributed by atoms with Crippen molar-refractivity contribution < 1.29 is 29.1 Å². The molecule has 0 aliphatic heterocycles. The zero-order valence-electron chi connectivity index (χ0n) is 21.8. The van der Waals surface area contributed by atoms with Crippen molar-refractivity contribution in [1.82, 2.24) is 15.5 Å². The van der Waals surface area contributed by atoms with Gasteiger partial charge in [-0.15, -0.1) is 0 Å². The number of rotatable bonds is 15. The third-order valence-electron chi connectivity index (χ3n) is 5.71. The normalized spacial score (nSPS) is 12.4. The predicted molar refractivity (Wildman–Crippen MR) is 139 cm³/mol. The smallest absolute Gasteiger partial charge is 0.414 e. The van der Waals surface area contributed by atoms with Crippen LogP contribution in [-0.2, 0) is 20.9 Å². The van der Waals surface area contributed by atoms with E-state index in [0.717, 1.165) is 17.7 Å². The number of nitrogens with two attached hydrogens (primary N) is 2. The Kier molecular flexibility index (Phi) is 13.7. The van der Waals surface area contributed by atoms with Gasteiger partial charge in [0.2, 0.25) is 17.7 Å². The fourth-order valence-electron chi connectivity index (χ4n) is 3.39. The number of amides is 6. The van der Waals surface area contributed by atoms with E-state index in [9.17, 15) is 29.1 Å². The molecule has 12 heteroatoms.